The van der Waals surface area contributed by atoms with Crippen LogP contribution in [0.4, 0.5) is 0 Å². The van der Waals surface area contributed by atoms with Gasteiger partial charge in [0.25, 0.3) is 0 Å². The molecule has 1 N–H and O–H groups in total. The van der Waals surface area contributed by atoms with Gasteiger partial charge in [0, 0.05) is 18.2 Å². The number of hydrogen-bond donors (Lipinski definition) is 1. The van der Waals surface area contributed by atoms with E-state index in [1.165, 1.54) is 12.8 Å². The summed E-state index contributed by atoms with van der Waals surface area (Å²) >= 11 is 6.34. The van der Waals surface area contributed by atoms with Gasteiger partial charge in [-0.15, -0.1) is 0 Å². The van der Waals surface area contributed by atoms with E-state index in [1.807, 2.05) is 30.3 Å². The lowest BCUT2D eigenvalue weighted by molar-refractivity contribution is 0.224. The van der Waals surface area contributed by atoms with Crippen molar-refractivity contribution in [1.29, 1.82) is 0 Å². The standard InChI is InChI=1S/C18H20ClNO/c1-13(14-6-3-2-4-7-14)21-18-15(8-5-9-17(18)19)12-20-16-10-11-16/h2-9,13,16,20H,10-12H2,1H3. The maximum atomic E-state index is 6.34. The Morgan fingerprint density at radius 1 is 1.14 bits per heavy atom. The third kappa shape index (κ3) is 3.78. The fourth-order valence-corrected chi connectivity index (χ4v) is 2.57. The zero-order chi connectivity index (χ0) is 14.7. The van der Waals surface area contributed by atoms with Crippen LogP contribution < -0.4 is 10.1 Å². The van der Waals surface area contributed by atoms with E-state index in [0.29, 0.717) is 11.1 Å². The second-order valence-corrected chi connectivity index (χ2v) is 5.96. The predicted molar refractivity (Wildman–Crippen MR) is 86.8 cm³/mol. The smallest absolute Gasteiger partial charge is 0.143 e. The lowest BCUT2D eigenvalue weighted by Crippen LogP contribution is -2.16. The Bertz CT molecular complexity index is 595. The molecule has 0 bridgehead atoms. The summed E-state index contributed by atoms with van der Waals surface area (Å²) in [5, 5.41) is 4.19. The maximum Gasteiger partial charge on any atom is 0.143 e. The molecular formula is C18H20ClNO. The zero-order valence-corrected chi connectivity index (χ0v) is 12.9. The summed E-state index contributed by atoms with van der Waals surface area (Å²) in [5.41, 5.74) is 2.27. The van der Waals surface area contributed by atoms with Crippen LogP contribution >= 0.6 is 11.6 Å². The van der Waals surface area contributed by atoms with Crippen LogP contribution in [0.3, 0.4) is 0 Å². The summed E-state index contributed by atoms with van der Waals surface area (Å²) in [6.45, 7) is 2.86. The first-order valence-electron chi connectivity index (χ1n) is 7.46. The Balaban J connectivity index is 1.76. The van der Waals surface area contributed by atoms with Crippen LogP contribution in [-0.2, 0) is 6.54 Å². The molecule has 21 heavy (non-hydrogen) atoms. The molecule has 1 saturated carbocycles. The Labute approximate surface area is 131 Å². The molecule has 0 aliphatic heterocycles. The molecule has 1 unspecified atom stereocenters. The summed E-state index contributed by atoms with van der Waals surface area (Å²) < 4.78 is 6.14. The van der Waals surface area contributed by atoms with Gasteiger partial charge in [-0.1, -0.05) is 54.1 Å². The fourth-order valence-electron chi connectivity index (χ4n) is 2.34. The summed E-state index contributed by atoms with van der Waals surface area (Å²) in [5.74, 6) is 0.795. The molecule has 0 saturated heterocycles. The molecule has 0 amide bonds. The van der Waals surface area contributed by atoms with Crippen LogP contribution in [0.15, 0.2) is 48.5 Å². The fraction of sp³-hybridized carbons (Fsp3) is 0.333. The Kier molecular flexibility index (Phi) is 4.47. The Morgan fingerprint density at radius 3 is 2.62 bits per heavy atom. The second-order valence-electron chi connectivity index (χ2n) is 5.55. The molecule has 110 valence electrons. The lowest BCUT2D eigenvalue weighted by atomic mass is 10.1. The van der Waals surface area contributed by atoms with Crippen LogP contribution in [0.5, 0.6) is 5.75 Å². The van der Waals surface area contributed by atoms with Crippen molar-refractivity contribution >= 4 is 11.6 Å². The minimum absolute atomic E-state index is 0.0224. The first kappa shape index (κ1) is 14.4. The van der Waals surface area contributed by atoms with Gasteiger partial charge in [-0.05, 0) is 31.4 Å². The molecule has 1 atom stereocenters. The highest BCUT2D eigenvalue weighted by atomic mass is 35.5. The molecule has 2 aromatic rings. The number of benzene rings is 2. The van der Waals surface area contributed by atoms with Crippen molar-refractivity contribution < 1.29 is 4.74 Å². The summed E-state index contributed by atoms with van der Waals surface area (Å²) in [4.78, 5) is 0. The normalized spacial score (nSPS) is 15.7. The van der Waals surface area contributed by atoms with Gasteiger partial charge in [0.2, 0.25) is 0 Å². The van der Waals surface area contributed by atoms with Gasteiger partial charge in [0.15, 0.2) is 0 Å². The number of nitrogens with one attached hydrogen (secondary N) is 1. The number of hydrogen-bond acceptors (Lipinski definition) is 2. The highest BCUT2D eigenvalue weighted by Crippen LogP contribution is 2.33. The van der Waals surface area contributed by atoms with Crippen molar-refractivity contribution in [3.8, 4) is 5.75 Å². The average molecular weight is 302 g/mol. The second kappa shape index (κ2) is 6.50. The SMILES string of the molecule is CC(Oc1c(Cl)cccc1CNC1CC1)c1ccccc1. The van der Waals surface area contributed by atoms with Crippen LogP contribution in [-0.4, -0.2) is 6.04 Å². The van der Waals surface area contributed by atoms with Crippen molar-refractivity contribution in [2.24, 2.45) is 0 Å². The summed E-state index contributed by atoms with van der Waals surface area (Å²) in [7, 11) is 0. The van der Waals surface area contributed by atoms with Crippen LogP contribution in [0.2, 0.25) is 5.02 Å². The molecule has 0 radical (unpaired) electrons. The van der Waals surface area contributed by atoms with Gasteiger partial charge in [-0.25, -0.2) is 0 Å². The number of para-hydroxylation sites is 1. The van der Waals surface area contributed by atoms with Gasteiger partial charge in [-0.2, -0.15) is 0 Å². The third-order valence-electron chi connectivity index (χ3n) is 3.77. The van der Waals surface area contributed by atoms with Crippen LogP contribution in [0, 0.1) is 0 Å². The highest BCUT2D eigenvalue weighted by Gasteiger charge is 2.21. The summed E-state index contributed by atoms with van der Waals surface area (Å²) in [6, 6.07) is 16.8. The highest BCUT2D eigenvalue weighted by molar-refractivity contribution is 6.32. The van der Waals surface area contributed by atoms with Crippen molar-refractivity contribution in [2.45, 2.75) is 38.5 Å². The number of halogens is 1. The number of ether oxygens (including phenoxy) is 1. The minimum Gasteiger partial charge on any atom is -0.484 e. The molecule has 2 nitrogen and oxygen atoms in total. The lowest BCUT2D eigenvalue weighted by Gasteiger charge is -2.19. The van der Waals surface area contributed by atoms with Gasteiger partial charge in [0.05, 0.1) is 5.02 Å². The molecule has 1 aliphatic rings. The van der Waals surface area contributed by atoms with E-state index in [-0.39, 0.29) is 6.10 Å². The topological polar surface area (TPSA) is 21.3 Å². The third-order valence-corrected chi connectivity index (χ3v) is 4.07. The van der Waals surface area contributed by atoms with E-state index in [4.69, 9.17) is 16.3 Å². The molecule has 3 rings (SSSR count). The van der Waals surface area contributed by atoms with Crippen molar-refractivity contribution in [3.05, 3.63) is 64.7 Å². The molecule has 0 aromatic heterocycles. The Morgan fingerprint density at radius 2 is 1.90 bits per heavy atom. The van der Waals surface area contributed by atoms with Gasteiger partial charge in [0.1, 0.15) is 11.9 Å². The van der Waals surface area contributed by atoms with E-state index < -0.39 is 0 Å². The van der Waals surface area contributed by atoms with E-state index in [9.17, 15) is 0 Å². The monoisotopic (exact) mass is 301 g/mol. The first-order chi connectivity index (χ1) is 10.2. The summed E-state index contributed by atoms with van der Waals surface area (Å²) in [6.07, 6.45) is 2.53. The minimum atomic E-state index is -0.0224. The van der Waals surface area contributed by atoms with E-state index in [0.717, 1.165) is 23.4 Å². The first-order valence-corrected chi connectivity index (χ1v) is 7.84. The van der Waals surface area contributed by atoms with Crippen LogP contribution in [0.25, 0.3) is 0 Å². The van der Waals surface area contributed by atoms with E-state index in [1.54, 1.807) is 0 Å². The van der Waals surface area contributed by atoms with Crippen molar-refractivity contribution in [2.75, 3.05) is 0 Å². The molecular weight excluding hydrogens is 282 g/mol. The molecule has 1 aliphatic carbocycles. The average Bonchev–Trinajstić information content (AvgIpc) is 3.33. The maximum absolute atomic E-state index is 6.34. The molecule has 1 fully saturated rings. The largest absolute Gasteiger partial charge is 0.484 e. The zero-order valence-electron chi connectivity index (χ0n) is 12.2. The van der Waals surface area contributed by atoms with E-state index in [2.05, 4.69) is 30.4 Å². The Hall–Kier alpha value is -1.51. The van der Waals surface area contributed by atoms with Crippen LogP contribution in [0.1, 0.15) is 37.0 Å². The van der Waals surface area contributed by atoms with Crippen molar-refractivity contribution in [1.82, 2.24) is 5.32 Å². The molecule has 2 aromatic carbocycles. The molecule has 3 heteroatoms. The van der Waals surface area contributed by atoms with Gasteiger partial charge < -0.3 is 10.1 Å². The predicted octanol–water partition coefficient (Wildman–Crippen LogP) is 4.73. The van der Waals surface area contributed by atoms with Gasteiger partial charge >= 0.3 is 0 Å². The quantitative estimate of drug-likeness (QED) is 0.832. The van der Waals surface area contributed by atoms with Gasteiger partial charge in [-0.3, -0.25) is 0 Å². The molecule has 0 spiro atoms. The molecule has 0 heterocycles. The van der Waals surface area contributed by atoms with Crippen molar-refractivity contribution in [3.63, 3.8) is 0 Å². The number of rotatable bonds is 6. The van der Waals surface area contributed by atoms with E-state index >= 15 is 0 Å².